The molecule has 4 aromatic rings. The predicted molar refractivity (Wildman–Crippen MR) is 159 cm³/mol. The fourth-order valence-corrected chi connectivity index (χ4v) is 5.80. The number of carbonyl (C=O) groups is 1. The molecule has 0 spiro atoms. The van der Waals surface area contributed by atoms with Crippen LogP contribution in [0.15, 0.2) is 93.2 Å². The molecule has 0 unspecified atom stereocenters. The van der Waals surface area contributed by atoms with Crippen LogP contribution < -0.4 is 14.8 Å². The quantitative estimate of drug-likeness (QED) is 0.169. The first kappa shape index (κ1) is 24.9. The molecule has 36 heavy (non-hydrogen) atoms. The number of hydrogen-bond donors (Lipinski definition) is 1. The first-order valence-corrected chi connectivity index (χ1v) is 13.7. The van der Waals surface area contributed by atoms with Gasteiger partial charge in [-0.15, -0.1) is 0 Å². The van der Waals surface area contributed by atoms with E-state index in [1.807, 2.05) is 60.7 Å². The highest BCUT2D eigenvalue weighted by Crippen LogP contribution is 2.37. The minimum Gasteiger partial charge on any atom is -0.493 e. The van der Waals surface area contributed by atoms with Crippen LogP contribution in [-0.4, -0.2) is 18.2 Å². The smallest absolute Gasteiger partial charge is 0.264 e. The Morgan fingerprint density at radius 3 is 2.67 bits per heavy atom. The molecule has 180 valence electrons. The summed E-state index contributed by atoms with van der Waals surface area (Å²) in [6.45, 7) is 0.418. The summed E-state index contributed by atoms with van der Waals surface area (Å²) in [6, 6.07) is 25.9. The van der Waals surface area contributed by atoms with Crippen molar-refractivity contribution in [1.82, 2.24) is 5.32 Å². The number of aliphatic imine (C=N–C) groups is 1. The first-order valence-electron chi connectivity index (χ1n) is 11.0. The minimum absolute atomic E-state index is 0.184. The molecule has 1 saturated heterocycles. The van der Waals surface area contributed by atoms with Crippen LogP contribution >= 0.6 is 50.3 Å². The fourth-order valence-electron chi connectivity index (χ4n) is 3.82. The number of carbonyl (C=O) groups excluding carboxylic acids is 1. The van der Waals surface area contributed by atoms with Gasteiger partial charge in [-0.05, 0) is 103 Å². The van der Waals surface area contributed by atoms with Crippen LogP contribution in [0.25, 0.3) is 16.8 Å². The number of ether oxygens (including phenoxy) is 2. The average Bonchev–Trinajstić information content (AvgIpc) is 3.22. The summed E-state index contributed by atoms with van der Waals surface area (Å²) in [4.78, 5) is 17.7. The Bertz CT molecular complexity index is 1530. The van der Waals surface area contributed by atoms with Gasteiger partial charge in [-0.1, -0.05) is 54.6 Å². The number of methoxy groups -OCH3 is 1. The second kappa shape index (κ2) is 11.1. The number of benzene rings is 4. The summed E-state index contributed by atoms with van der Waals surface area (Å²) in [5.74, 6) is 1.10. The standard InChI is InChI=1S/C28H20BrIN2O3S/c1-34-24-14-17(15-25-27(33)32-28(36-25)31-23-12-5-4-11-21(23)29)13-22(30)26(24)35-16-19-9-6-8-18-7-2-3-10-20(18)19/h2-15H,16H2,1H3,(H,31,32,33)/b25-15+. The van der Waals surface area contributed by atoms with Crippen molar-refractivity contribution in [3.05, 3.63) is 103 Å². The highest BCUT2D eigenvalue weighted by Gasteiger charge is 2.24. The maximum absolute atomic E-state index is 12.6. The first-order chi connectivity index (χ1) is 17.5. The summed E-state index contributed by atoms with van der Waals surface area (Å²) in [6.07, 6.45) is 1.84. The van der Waals surface area contributed by atoms with Crippen molar-refractivity contribution in [2.45, 2.75) is 6.61 Å². The number of amidine groups is 1. The second-order valence-electron chi connectivity index (χ2n) is 7.89. The van der Waals surface area contributed by atoms with Crippen molar-refractivity contribution in [2.75, 3.05) is 7.11 Å². The molecular formula is C28H20BrIN2O3S. The minimum atomic E-state index is -0.184. The van der Waals surface area contributed by atoms with E-state index in [-0.39, 0.29) is 5.91 Å². The lowest BCUT2D eigenvalue weighted by molar-refractivity contribution is -0.115. The molecule has 0 saturated carbocycles. The molecular weight excluding hydrogens is 651 g/mol. The molecule has 5 rings (SSSR count). The number of para-hydroxylation sites is 1. The largest absolute Gasteiger partial charge is 0.493 e. The molecule has 1 amide bonds. The van der Waals surface area contributed by atoms with Crippen LogP contribution in [0, 0.1) is 3.57 Å². The predicted octanol–water partition coefficient (Wildman–Crippen LogP) is 7.69. The summed E-state index contributed by atoms with van der Waals surface area (Å²) in [5, 5.41) is 5.72. The molecule has 0 bridgehead atoms. The Hall–Kier alpha value is -2.82. The summed E-state index contributed by atoms with van der Waals surface area (Å²) < 4.78 is 13.6. The van der Waals surface area contributed by atoms with Crippen molar-refractivity contribution in [3.63, 3.8) is 0 Å². The molecule has 1 heterocycles. The Kier molecular flexibility index (Phi) is 7.64. The fraction of sp³-hybridized carbons (Fsp3) is 0.0714. The Morgan fingerprint density at radius 2 is 1.83 bits per heavy atom. The highest BCUT2D eigenvalue weighted by atomic mass is 127. The molecule has 1 aliphatic heterocycles. The van der Waals surface area contributed by atoms with Crippen LogP contribution in [0.1, 0.15) is 11.1 Å². The third-order valence-corrected chi connectivity index (χ3v) is 7.91. The SMILES string of the molecule is COc1cc(/C=C2/SC(=Nc3ccccc3Br)NC2=O)cc(I)c1OCc1cccc2ccccc12. The lowest BCUT2D eigenvalue weighted by Gasteiger charge is -2.15. The molecule has 0 atom stereocenters. The molecule has 0 aliphatic carbocycles. The zero-order valence-electron chi connectivity index (χ0n) is 19.1. The Balaban J connectivity index is 1.38. The van der Waals surface area contributed by atoms with E-state index in [4.69, 9.17) is 9.47 Å². The van der Waals surface area contributed by atoms with Gasteiger partial charge in [0.15, 0.2) is 16.7 Å². The molecule has 1 aliphatic rings. The lowest BCUT2D eigenvalue weighted by atomic mass is 10.1. The highest BCUT2D eigenvalue weighted by molar-refractivity contribution is 14.1. The van der Waals surface area contributed by atoms with Crippen LogP contribution in [0.3, 0.4) is 0 Å². The Morgan fingerprint density at radius 1 is 1.06 bits per heavy atom. The lowest BCUT2D eigenvalue weighted by Crippen LogP contribution is -2.19. The topological polar surface area (TPSA) is 59.9 Å². The normalized spacial score (nSPS) is 15.5. The number of rotatable bonds is 6. The van der Waals surface area contributed by atoms with E-state index < -0.39 is 0 Å². The maximum Gasteiger partial charge on any atom is 0.264 e. The van der Waals surface area contributed by atoms with E-state index in [0.29, 0.717) is 28.2 Å². The third-order valence-electron chi connectivity index (χ3n) is 5.53. The van der Waals surface area contributed by atoms with Crippen molar-refractivity contribution in [2.24, 2.45) is 4.99 Å². The van der Waals surface area contributed by atoms with Gasteiger partial charge in [0, 0.05) is 4.47 Å². The number of hydrogen-bond acceptors (Lipinski definition) is 5. The van der Waals surface area contributed by atoms with Gasteiger partial charge in [0.25, 0.3) is 5.91 Å². The van der Waals surface area contributed by atoms with Gasteiger partial charge in [0.2, 0.25) is 0 Å². The van der Waals surface area contributed by atoms with Gasteiger partial charge >= 0.3 is 0 Å². The molecule has 1 N–H and O–H groups in total. The van der Waals surface area contributed by atoms with E-state index in [1.165, 1.54) is 22.5 Å². The van der Waals surface area contributed by atoms with Gasteiger partial charge in [0.1, 0.15) is 6.61 Å². The van der Waals surface area contributed by atoms with E-state index in [1.54, 1.807) is 7.11 Å². The third kappa shape index (κ3) is 5.45. The molecule has 4 aromatic carbocycles. The molecule has 0 aromatic heterocycles. The Labute approximate surface area is 235 Å². The number of nitrogens with zero attached hydrogens (tertiary/aromatic N) is 1. The van der Waals surface area contributed by atoms with Gasteiger partial charge < -0.3 is 14.8 Å². The van der Waals surface area contributed by atoms with Crippen LogP contribution in [0.4, 0.5) is 5.69 Å². The van der Waals surface area contributed by atoms with Gasteiger partial charge in [0.05, 0.1) is 21.3 Å². The second-order valence-corrected chi connectivity index (χ2v) is 10.9. The average molecular weight is 671 g/mol. The van der Waals surface area contributed by atoms with Crippen molar-refractivity contribution in [3.8, 4) is 11.5 Å². The van der Waals surface area contributed by atoms with Gasteiger partial charge in [-0.25, -0.2) is 4.99 Å². The maximum atomic E-state index is 12.6. The molecule has 5 nitrogen and oxygen atoms in total. The van der Waals surface area contributed by atoms with Crippen molar-refractivity contribution >= 4 is 83.9 Å². The van der Waals surface area contributed by atoms with E-state index >= 15 is 0 Å². The van der Waals surface area contributed by atoms with Crippen LogP contribution in [-0.2, 0) is 11.4 Å². The van der Waals surface area contributed by atoms with Gasteiger partial charge in [-0.3, -0.25) is 4.79 Å². The summed E-state index contributed by atoms with van der Waals surface area (Å²) >= 11 is 7.03. The monoisotopic (exact) mass is 670 g/mol. The van der Waals surface area contributed by atoms with E-state index in [2.05, 4.69) is 73.1 Å². The zero-order valence-corrected chi connectivity index (χ0v) is 23.7. The number of thioether (sulfide) groups is 1. The zero-order chi connectivity index (χ0) is 25.1. The van der Waals surface area contributed by atoms with E-state index in [9.17, 15) is 4.79 Å². The molecule has 0 radical (unpaired) electrons. The molecule has 8 heteroatoms. The molecule has 1 fully saturated rings. The number of halogens is 2. The number of fused-ring (bicyclic) bond motifs is 1. The number of amides is 1. The van der Waals surface area contributed by atoms with Crippen molar-refractivity contribution in [1.29, 1.82) is 0 Å². The van der Waals surface area contributed by atoms with Crippen molar-refractivity contribution < 1.29 is 14.3 Å². The van der Waals surface area contributed by atoms with E-state index in [0.717, 1.165) is 24.9 Å². The summed E-state index contributed by atoms with van der Waals surface area (Å²) in [7, 11) is 1.62. The summed E-state index contributed by atoms with van der Waals surface area (Å²) in [5.41, 5.74) is 2.70. The van der Waals surface area contributed by atoms with Gasteiger partial charge in [-0.2, -0.15) is 0 Å². The van der Waals surface area contributed by atoms with Crippen LogP contribution in [0.5, 0.6) is 11.5 Å². The number of nitrogens with one attached hydrogen (secondary N) is 1. The van der Waals surface area contributed by atoms with Crippen LogP contribution in [0.2, 0.25) is 0 Å².